The van der Waals surface area contributed by atoms with Crippen molar-refractivity contribution in [3.8, 4) is 0 Å². The Morgan fingerprint density at radius 1 is 1.32 bits per heavy atom. The highest BCUT2D eigenvalue weighted by Gasteiger charge is 2.83. The van der Waals surface area contributed by atoms with Gasteiger partial charge in [-0.25, -0.2) is 0 Å². The summed E-state index contributed by atoms with van der Waals surface area (Å²) in [5.74, 6) is 0.138. The fraction of sp³-hybridized carbons (Fsp3) is 0.588. The van der Waals surface area contributed by atoms with Crippen LogP contribution in [0.2, 0.25) is 0 Å². The van der Waals surface area contributed by atoms with Gasteiger partial charge in [-0.05, 0) is 42.9 Å². The number of nitrogens with one attached hydrogen (secondary N) is 1. The number of carbonyl (C=O) groups is 1. The van der Waals surface area contributed by atoms with Crippen LogP contribution in [0.1, 0.15) is 32.3 Å². The lowest BCUT2D eigenvalue weighted by atomic mass is 9.43. The average Bonchev–Trinajstić information content (AvgIpc) is 2.88. The zero-order chi connectivity index (χ0) is 16.3. The molecule has 4 rings (SSSR count). The predicted molar refractivity (Wildman–Crippen MR) is 102 cm³/mol. The first-order valence-corrected chi connectivity index (χ1v) is 10.3. The number of benzene rings is 1. The Hall–Kier alpha value is 0.130. The minimum absolute atomic E-state index is 0.0664. The molecule has 22 heavy (non-hydrogen) atoms. The average molecular weight is 494 g/mol. The maximum absolute atomic E-state index is 13.1. The zero-order valence-corrected chi connectivity index (χ0v) is 17.7. The maximum Gasteiger partial charge on any atom is 0.232 e. The highest BCUT2D eigenvalue weighted by atomic mass is 79.9. The van der Waals surface area contributed by atoms with Gasteiger partial charge in [-0.1, -0.05) is 73.8 Å². The lowest BCUT2D eigenvalue weighted by molar-refractivity contribution is -0.155. The van der Waals surface area contributed by atoms with Gasteiger partial charge in [0.25, 0.3) is 0 Å². The Kier molecular flexibility index (Phi) is 4.10. The fourth-order valence-corrected chi connectivity index (χ4v) is 9.58. The molecule has 3 saturated carbocycles. The minimum Gasteiger partial charge on any atom is -0.326 e. The summed E-state index contributed by atoms with van der Waals surface area (Å²) in [6, 6.07) is 7.99. The van der Waals surface area contributed by atoms with Gasteiger partial charge in [-0.2, -0.15) is 0 Å². The van der Waals surface area contributed by atoms with E-state index in [1.165, 1.54) is 0 Å². The molecule has 0 radical (unpaired) electrons. The van der Waals surface area contributed by atoms with Crippen molar-refractivity contribution in [3.63, 3.8) is 0 Å². The summed E-state index contributed by atoms with van der Waals surface area (Å²) in [4.78, 5) is 13.3. The maximum atomic E-state index is 13.1. The van der Waals surface area contributed by atoms with Gasteiger partial charge < -0.3 is 5.32 Å². The van der Waals surface area contributed by atoms with Crippen molar-refractivity contribution < 1.29 is 4.79 Å². The lowest BCUT2D eigenvalue weighted by Crippen LogP contribution is -2.71. The standard InChI is InChI=1S/C17H20Br3NO/c1-10-5-4-6-11(9-10)21-14(22)17-8-7-16(12(17)18,13(19)20)15(17,2)3/h4-6,9,12-13H,7-8H2,1-3H3,(H,21,22)/t12-,16-,17-/m0/s1. The second-order valence-electron chi connectivity index (χ2n) is 7.12. The van der Waals surface area contributed by atoms with Crippen LogP contribution in [0.4, 0.5) is 5.69 Å². The monoisotopic (exact) mass is 491 g/mol. The van der Waals surface area contributed by atoms with E-state index in [1.807, 2.05) is 31.2 Å². The van der Waals surface area contributed by atoms with E-state index in [0.29, 0.717) is 0 Å². The highest BCUT2D eigenvalue weighted by molar-refractivity contribution is 9.24. The Balaban J connectivity index is 1.91. The molecule has 3 fully saturated rings. The molecule has 0 aromatic heterocycles. The predicted octanol–water partition coefficient (Wildman–Crippen LogP) is 5.62. The molecular formula is C17H20Br3NO. The topological polar surface area (TPSA) is 29.1 Å². The van der Waals surface area contributed by atoms with Crippen LogP contribution in [0.15, 0.2) is 24.3 Å². The Bertz CT molecular complexity index is 630. The minimum atomic E-state index is -0.351. The van der Waals surface area contributed by atoms with Crippen molar-refractivity contribution in [1.82, 2.24) is 0 Å². The molecule has 3 aliphatic carbocycles. The molecular weight excluding hydrogens is 474 g/mol. The lowest BCUT2D eigenvalue weighted by Gasteiger charge is -2.66. The molecule has 0 spiro atoms. The number of amides is 1. The number of hydrogen-bond donors (Lipinski definition) is 1. The van der Waals surface area contributed by atoms with E-state index >= 15 is 0 Å². The molecule has 2 nitrogen and oxygen atoms in total. The molecule has 5 heteroatoms. The summed E-state index contributed by atoms with van der Waals surface area (Å²) in [7, 11) is 0. The van der Waals surface area contributed by atoms with Crippen LogP contribution >= 0.6 is 47.8 Å². The van der Waals surface area contributed by atoms with Crippen LogP contribution in [-0.2, 0) is 4.79 Å². The summed E-state index contributed by atoms with van der Waals surface area (Å²) in [5, 5.41) is 3.15. The molecule has 3 atom stereocenters. The van der Waals surface area contributed by atoms with E-state index in [2.05, 4.69) is 67.0 Å². The third-order valence-corrected chi connectivity index (χ3v) is 9.40. The summed E-state index contributed by atoms with van der Waals surface area (Å²) >= 11 is 11.3. The normalized spacial score (nSPS) is 35.3. The Morgan fingerprint density at radius 2 is 2.00 bits per heavy atom. The quantitative estimate of drug-likeness (QED) is 0.544. The van der Waals surface area contributed by atoms with Crippen molar-refractivity contribution in [2.45, 2.75) is 42.2 Å². The van der Waals surface area contributed by atoms with Gasteiger partial charge in [0.05, 0.1) is 9.15 Å². The van der Waals surface area contributed by atoms with Crippen molar-refractivity contribution in [2.75, 3.05) is 5.32 Å². The third-order valence-electron chi connectivity index (χ3n) is 6.17. The number of alkyl halides is 3. The molecule has 0 heterocycles. The van der Waals surface area contributed by atoms with Gasteiger partial charge in [0.1, 0.15) is 0 Å². The molecule has 0 saturated heterocycles. The number of anilines is 1. The summed E-state index contributed by atoms with van der Waals surface area (Å²) < 4.78 is 0.203. The van der Waals surface area contributed by atoms with Crippen LogP contribution in [-0.4, -0.2) is 14.5 Å². The van der Waals surface area contributed by atoms with E-state index in [1.54, 1.807) is 0 Å². The number of hydrogen-bond acceptors (Lipinski definition) is 1. The van der Waals surface area contributed by atoms with Gasteiger partial charge >= 0.3 is 0 Å². The first-order chi connectivity index (χ1) is 10.2. The molecule has 1 N–H and O–H groups in total. The molecule has 1 aromatic carbocycles. The largest absolute Gasteiger partial charge is 0.326 e. The van der Waals surface area contributed by atoms with Crippen molar-refractivity contribution in [1.29, 1.82) is 0 Å². The molecule has 1 amide bonds. The molecule has 1 aromatic rings. The van der Waals surface area contributed by atoms with Gasteiger partial charge in [0.15, 0.2) is 0 Å². The first kappa shape index (κ1) is 17.0. The van der Waals surface area contributed by atoms with Gasteiger partial charge in [0.2, 0.25) is 5.91 Å². The highest BCUT2D eigenvalue weighted by Crippen LogP contribution is 2.82. The van der Waals surface area contributed by atoms with Crippen LogP contribution < -0.4 is 5.32 Å². The van der Waals surface area contributed by atoms with E-state index in [0.717, 1.165) is 24.1 Å². The smallest absolute Gasteiger partial charge is 0.232 e. The summed E-state index contributed by atoms with van der Waals surface area (Å²) in [6.07, 6.45) is 1.96. The number of halogens is 3. The van der Waals surface area contributed by atoms with E-state index in [9.17, 15) is 4.79 Å². The third kappa shape index (κ3) is 1.85. The Morgan fingerprint density at radius 3 is 2.50 bits per heavy atom. The summed E-state index contributed by atoms with van der Waals surface area (Å²) in [6.45, 7) is 6.49. The van der Waals surface area contributed by atoms with Gasteiger partial charge in [0, 0.05) is 15.9 Å². The number of aryl methyl sites for hydroxylation is 1. The summed E-state index contributed by atoms with van der Waals surface area (Å²) in [5.41, 5.74) is 1.68. The van der Waals surface area contributed by atoms with Crippen LogP contribution in [0.5, 0.6) is 0 Å². The van der Waals surface area contributed by atoms with E-state index in [4.69, 9.17) is 0 Å². The second kappa shape index (κ2) is 5.32. The van der Waals surface area contributed by atoms with Crippen molar-refractivity contribution in [2.24, 2.45) is 16.2 Å². The molecule has 0 aliphatic heterocycles. The van der Waals surface area contributed by atoms with Gasteiger partial charge in [-0.3, -0.25) is 4.79 Å². The van der Waals surface area contributed by atoms with E-state index in [-0.39, 0.29) is 30.7 Å². The van der Waals surface area contributed by atoms with Crippen LogP contribution in [0.3, 0.4) is 0 Å². The number of carbonyl (C=O) groups excluding carboxylic acids is 1. The first-order valence-electron chi connectivity index (χ1n) is 7.50. The van der Waals surface area contributed by atoms with Crippen LogP contribution in [0.25, 0.3) is 0 Å². The van der Waals surface area contributed by atoms with Crippen molar-refractivity contribution >= 4 is 59.4 Å². The number of fused-ring (bicyclic) bond motifs is 1. The molecule has 0 unspecified atom stereocenters. The fourth-order valence-electron chi connectivity index (χ4n) is 4.66. The van der Waals surface area contributed by atoms with Crippen LogP contribution in [0, 0.1) is 23.2 Å². The number of rotatable bonds is 3. The Labute approximate surface area is 157 Å². The van der Waals surface area contributed by atoms with Gasteiger partial charge in [-0.15, -0.1) is 0 Å². The molecule has 2 bridgehead atoms. The second-order valence-corrected chi connectivity index (χ2v) is 11.1. The van der Waals surface area contributed by atoms with Crippen molar-refractivity contribution in [3.05, 3.63) is 29.8 Å². The zero-order valence-electron chi connectivity index (χ0n) is 12.9. The molecule has 3 aliphatic rings. The SMILES string of the molecule is Cc1cccc(NC(=O)[C@]23CC[C@@](C(Br)Br)([C@@H]2Br)C3(C)C)c1. The molecule has 120 valence electrons. The van der Waals surface area contributed by atoms with E-state index < -0.39 is 0 Å².